The van der Waals surface area contributed by atoms with Gasteiger partial charge in [-0.15, -0.1) is 0 Å². The molecule has 0 spiro atoms. The Bertz CT molecular complexity index is 966. The fraction of sp³-hybridized carbons (Fsp3) is 0.429. The molecule has 1 amide bonds. The molecule has 0 bridgehead atoms. The van der Waals surface area contributed by atoms with Gasteiger partial charge in [0.1, 0.15) is 5.82 Å². The first kappa shape index (κ1) is 27.8. The van der Waals surface area contributed by atoms with Crippen LogP contribution in [0.3, 0.4) is 0 Å². The summed E-state index contributed by atoms with van der Waals surface area (Å²) in [5, 5.41) is 9.66. The summed E-state index contributed by atoms with van der Waals surface area (Å²) in [4.78, 5) is 19.9. The zero-order chi connectivity index (χ0) is 25.5. The van der Waals surface area contributed by atoms with Gasteiger partial charge in [-0.3, -0.25) is 0 Å². The first-order valence-corrected chi connectivity index (χ1v) is 12.4. The lowest BCUT2D eigenvalue weighted by molar-refractivity contribution is 0.115. The molecule has 7 heteroatoms. The quantitative estimate of drug-likeness (QED) is 0.199. The van der Waals surface area contributed by atoms with Gasteiger partial charge in [0.15, 0.2) is 0 Å². The average Bonchev–Trinajstić information content (AvgIpc) is 3.15. The topological polar surface area (TPSA) is 91.1 Å². The number of allylic oxidation sites excluding steroid dienone is 8. The predicted molar refractivity (Wildman–Crippen MR) is 145 cm³/mol. The fourth-order valence-corrected chi connectivity index (χ4v) is 3.56. The molecule has 35 heavy (non-hydrogen) atoms. The molecule has 1 aromatic rings. The van der Waals surface area contributed by atoms with Crippen molar-refractivity contribution < 1.29 is 9.53 Å². The minimum Gasteiger partial charge on any atom is -0.447 e. The molecule has 0 saturated carbocycles. The number of carbonyl (C=O) groups excluding carboxylic acids is 1. The standard InChI is InChI=1S/C28H41N5O2/c1-6-14-23(7-2)19-30-22(5)32-25(17-12-13-18-29-28(34)35-21(3)4)27-31-20-26(33-27)24-15-10-8-9-11-16-24/h6-8,10-11,14-16,20-21,25,30,32H,5,9,12-13,17-19H2,1-4H3,(H,29,34)(H,31,33)/b14-6-,23-7+. The Hall–Kier alpha value is -3.48. The molecule has 1 aromatic heterocycles. The third kappa shape index (κ3) is 10.5. The third-order valence-electron chi connectivity index (χ3n) is 5.36. The smallest absolute Gasteiger partial charge is 0.407 e. The van der Waals surface area contributed by atoms with Crippen molar-refractivity contribution in [1.29, 1.82) is 0 Å². The number of H-pyrrole nitrogens is 1. The minimum absolute atomic E-state index is 0.0481. The number of unbranched alkanes of at least 4 members (excludes halogenated alkanes) is 1. The highest BCUT2D eigenvalue weighted by molar-refractivity contribution is 5.73. The second-order valence-corrected chi connectivity index (χ2v) is 8.64. The van der Waals surface area contributed by atoms with Crippen LogP contribution in [0.5, 0.6) is 0 Å². The Morgan fingerprint density at radius 1 is 1.26 bits per heavy atom. The number of rotatable bonds is 14. The zero-order valence-corrected chi connectivity index (χ0v) is 21.6. The summed E-state index contributed by atoms with van der Waals surface area (Å²) >= 11 is 0. The van der Waals surface area contributed by atoms with Crippen molar-refractivity contribution in [2.75, 3.05) is 13.1 Å². The van der Waals surface area contributed by atoms with Crippen molar-refractivity contribution in [2.45, 2.75) is 65.5 Å². The number of carbonyl (C=O) groups is 1. The normalized spacial score (nSPS) is 14.5. The van der Waals surface area contributed by atoms with Crippen LogP contribution < -0.4 is 16.0 Å². The fourth-order valence-electron chi connectivity index (χ4n) is 3.56. The van der Waals surface area contributed by atoms with Crippen molar-refractivity contribution in [3.05, 3.63) is 84.3 Å². The molecule has 7 nitrogen and oxygen atoms in total. The van der Waals surface area contributed by atoms with Crippen LogP contribution in [0.25, 0.3) is 5.57 Å². The lowest BCUT2D eigenvalue weighted by Gasteiger charge is -2.21. The van der Waals surface area contributed by atoms with Gasteiger partial charge < -0.3 is 25.7 Å². The highest BCUT2D eigenvalue weighted by Crippen LogP contribution is 2.22. The summed E-state index contributed by atoms with van der Waals surface area (Å²) in [6, 6.07) is -0.0481. The molecule has 190 valence electrons. The van der Waals surface area contributed by atoms with Crippen LogP contribution in [-0.2, 0) is 4.74 Å². The first-order valence-electron chi connectivity index (χ1n) is 12.4. The SMILES string of the molecule is C=C(NCC(/C=C\C)=C/C)NC(CCCCNC(=O)OC(C)C)c1ncc(C2=CC=CCC=C2)[nH]1. The van der Waals surface area contributed by atoms with Gasteiger partial charge in [-0.05, 0) is 64.5 Å². The van der Waals surface area contributed by atoms with Gasteiger partial charge in [0, 0.05) is 13.1 Å². The summed E-state index contributed by atoms with van der Waals surface area (Å²) in [6.45, 7) is 13.1. The number of aromatic amines is 1. The molecule has 1 aliphatic carbocycles. The highest BCUT2D eigenvalue weighted by atomic mass is 16.6. The molecule has 1 heterocycles. The summed E-state index contributed by atoms with van der Waals surface area (Å²) < 4.78 is 5.12. The molecule has 4 N–H and O–H groups in total. The van der Waals surface area contributed by atoms with E-state index in [-0.39, 0.29) is 18.2 Å². The molecule has 2 rings (SSSR count). The predicted octanol–water partition coefficient (Wildman–Crippen LogP) is 5.83. The molecular formula is C28H41N5O2. The largest absolute Gasteiger partial charge is 0.447 e. The van der Waals surface area contributed by atoms with E-state index < -0.39 is 0 Å². The third-order valence-corrected chi connectivity index (χ3v) is 5.36. The molecule has 0 radical (unpaired) electrons. The Morgan fingerprint density at radius 3 is 2.83 bits per heavy atom. The van der Waals surface area contributed by atoms with Crippen LogP contribution in [0, 0.1) is 0 Å². The summed E-state index contributed by atoms with van der Waals surface area (Å²) in [7, 11) is 0. The van der Waals surface area contributed by atoms with Gasteiger partial charge in [0.05, 0.1) is 29.9 Å². The second-order valence-electron chi connectivity index (χ2n) is 8.64. The highest BCUT2D eigenvalue weighted by Gasteiger charge is 2.17. The number of nitrogens with one attached hydrogen (secondary N) is 4. The van der Waals surface area contributed by atoms with Crippen LogP contribution in [0.4, 0.5) is 4.79 Å². The number of imidazole rings is 1. The van der Waals surface area contributed by atoms with E-state index in [1.807, 2.05) is 40.0 Å². The number of amides is 1. The van der Waals surface area contributed by atoms with Crippen LogP contribution >= 0.6 is 0 Å². The zero-order valence-electron chi connectivity index (χ0n) is 21.6. The van der Waals surface area contributed by atoms with Crippen molar-refractivity contribution in [2.24, 2.45) is 0 Å². The molecule has 0 saturated heterocycles. The van der Waals surface area contributed by atoms with Gasteiger partial charge >= 0.3 is 6.09 Å². The van der Waals surface area contributed by atoms with E-state index in [0.29, 0.717) is 13.1 Å². The Labute approximate surface area is 210 Å². The van der Waals surface area contributed by atoms with Crippen molar-refractivity contribution in [3.63, 3.8) is 0 Å². The van der Waals surface area contributed by atoms with Crippen LogP contribution in [0.15, 0.2) is 72.8 Å². The van der Waals surface area contributed by atoms with Gasteiger partial charge in [0.25, 0.3) is 0 Å². The number of nitrogens with zero attached hydrogens (tertiary/aromatic N) is 1. The first-order chi connectivity index (χ1) is 16.9. The molecule has 0 fully saturated rings. The van der Waals surface area contributed by atoms with Crippen molar-refractivity contribution >= 4 is 11.7 Å². The molecule has 1 aliphatic rings. The maximum atomic E-state index is 11.7. The van der Waals surface area contributed by atoms with E-state index in [9.17, 15) is 4.79 Å². The van der Waals surface area contributed by atoms with Gasteiger partial charge in [-0.1, -0.05) is 55.2 Å². The van der Waals surface area contributed by atoms with E-state index in [1.54, 1.807) is 0 Å². The molecular weight excluding hydrogens is 438 g/mol. The Kier molecular flexibility index (Phi) is 12.2. The lowest BCUT2D eigenvalue weighted by Crippen LogP contribution is -2.31. The maximum absolute atomic E-state index is 11.7. The number of aromatic nitrogens is 2. The Balaban J connectivity index is 2.01. The van der Waals surface area contributed by atoms with Crippen LogP contribution in [0.1, 0.15) is 70.9 Å². The molecule has 0 aliphatic heterocycles. The number of alkyl carbamates (subject to hydrolysis) is 1. The monoisotopic (exact) mass is 479 g/mol. The Morgan fingerprint density at radius 2 is 2.09 bits per heavy atom. The van der Waals surface area contributed by atoms with Gasteiger partial charge in [-0.25, -0.2) is 9.78 Å². The van der Waals surface area contributed by atoms with Gasteiger partial charge in [-0.2, -0.15) is 0 Å². The van der Waals surface area contributed by atoms with Crippen molar-refractivity contribution in [1.82, 2.24) is 25.9 Å². The van der Waals surface area contributed by atoms with E-state index in [2.05, 4.69) is 75.0 Å². The summed E-state index contributed by atoms with van der Waals surface area (Å²) in [5.74, 6) is 1.60. The van der Waals surface area contributed by atoms with Gasteiger partial charge in [0.2, 0.25) is 0 Å². The number of ether oxygens (including phenoxy) is 1. The molecule has 0 aromatic carbocycles. The summed E-state index contributed by atoms with van der Waals surface area (Å²) in [5.41, 5.74) is 3.27. The second kappa shape index (κ2) is 15.4. The lowest BCUT2D eigenvalue weighted by atomic mass is 10.1. The molecule has 1 unspecified atom stereocenters. The minimum atomic E-state index is -0.373. The van der Waals surface area contributed by atoms with Crippen LogP contribution in [0.2, 0.25) is 0 Å². The van der Waals surface area contributed by atoms with E-state index >= 15 is 0 Å². The number of hydrogen-bond acceptors (Lipinski definition) is 5. The van der Waals surface area contributed by atoms with E-state index in [0.717, 1.165) is 48.6 Å². The maximum Gasteiger partial charge on any atom is 0.407 e. The van der Waals surface area contributed by atoms with E-state index in [4.69, 9.17) is 4.74 Å². The number of hydrogen-bond donors (Lipinski definition) is 4. The van der Waals surface area contributed by atoms with Crippen molar-refractivity contribution in [3.8, 4) is 0 Å². The van der Waals surface area contributed by atoms with E-state index in [1.165, 1.54) is 5.57 Å². The summed E-state index contributed by atoms with van der Waals surface area (Å²) in [6.07, 6.45) is 21.6. The van der Waals surface area contributed by atoms with Crippen LogP contribution in [-0.4, -0.2) is 35.3 Å². The average molecular weight is 480 g/mol. The molecule has 1 atom stereocenters.